The van der Waals surface area contributed by atoms with Crippen LogP contribution < -0.4 is 26.6 Å². The second kappa shape index (κ2) is 11.8. The zero-order chi connectivity index (χ0) is 27.2. The Labute approximate surface area is 223 Å². The highest BCUT2D eigenvalue weighted by Crippen LogP contribution is 2.27. The highest BCUT2D eigenvalue weighted by molar-refractivity contribution is 6.03. The number of likely N-dealkylation sites (N-methyl/N-ethyl adjacent to an activating group) is 1. The number of rotatable bonds is 9. The van der Waals surface area contributed by atoms with Gasteiger partial charge in [-0.05, 0) is 50.9 Å². The third-order valence-corrected chi connectivity index (χ3v) is 6.43. The van der Waals surface area contributed by atoms with Gasteiger partial charge in [0, 0.05) is 30.5 Å². The fourth-order valence-corrected chi connectivity index (χ4v) is 4.55. The summed E-state index contributed by atoms with van der Waals surface area (Å²) in [7, 11) is 1.74. The van der Waals surface area contributed by atoms with Crippen LogP contribution in [-0.4, -0.2) is 62.1 Å². The van der Waals surface area contributed by atoms with E-state index in [1.54, 1.807) is 13.2 Å². The molecule has 0 saturated heterocycles. The van der Waals surface area contributed by atoms with Gasteiger partial charge in [0.15, 0.2) is 17.2 Å². The maximum atomic E-state index is 14.1. The molecule has 1 fully saturated rings. The largest absolute Gasteiger partial charge is 0.366 e. The van der Waals surface area contributed by atoms with Crippen molar-refractivity contribution in [3.05, 3.63) is 66.6 Å². The van der Waals surface area contributed by atoms with Gasteiger partial charge in [0.1, 0.15) is 11.6 Å². The van der Waals surface area contributed by atoms with Gasteiger partial charge in [-0.1, -0.05) is 6.07 Å². The lowest BCUT2D eigenvalue weighted by Crippen LogP contribution is -2.43. The van der Waals surface area contributed by atoms with E-state index in [1.165, 1.54) is 23.0 Å². The molecule has 5 N–H and O–H groups in total. The number of aromatic nitrogens is 5. The lowest BCUT2D eigenvalue weighted by molar-refractivity contribution is -0.121. The van der Waals surface area contributed by atoms with Crippen molar-refractivity contribution in [3.63, 3.8) is 0 Å². The summed E-state index contributed by atoms with van der Waals surface area (Å²) in [5.74, 6) is -0.0964. The van der Waals surface area contributed by atoms with Gasteiger partial charge in [-0.2, -0.15) is 0 Å². The van der Waals surface area contributed by atoms with Crippen molar-refractivity contribution in [3.8, 4) is 0 Å². The van der Waals surface area contributed by atoms with Crippen LogP contribution in [0, 0.1) is 5.82 Å². The number of carbonyl (C=O) groups is 2. The van der Waals surface area contributed by atoms with Crippen LogP contribution in [0.5, 0.6) is 0 Å². The van der Waals surface area contributed by atoms with Crippen LogP contribution >= 0.6 is 0 Å². The van der Waals surface area contributed by atoms with E-state index >= 15 is 0 Å². The summed E-state index contributed by atoms with van der Waals surface area (Å²) in [6, 6.07) is 8.95. The van der Waals surface area contributed by atoms with E-state index in [1.807, 2.05) is 24.3 Å². The molecule has 12 nitrogen and oxygen atoms in total. The summed E-state index contributed by atoms with van der Waals surface area (Å²) < 4.78 is 15.5. The number of halogens is 1. The van der Waals surface area contributed by atoms with Gasteiger partial charge < -0.3 is 26.6 Å². The standard InChI is InChI=1S/C26H29FN10O2/c1-28-15-24(38)33-17-7-5-16(6-8-17)32-23-12-20(34-22-4-2-3-10-30-22)25-31-14-21(37(25)36-23)26(39)35-19-9-11-29-13-18(19)27/h2-4,9-14,16-17,28H,5-8,15H2,1H3,(H,30,34)(H,32,36)(H,33,38)(H,29,35,39)/t16-,17-. The number of pyridine rings is 2. The molecule has 2 amide bonds. The Morgan fingerprint density at radius 3 is 2.56 bits per heavy atom. The number of hydrogen-bond acceptors (Lipinski definition) is 9. The molecular weight excluding hydrogens is 503 g/mol. The molecule has 39 heavy (non-hydrogen) atoms. The Hall–Kier alpha value is -4.65. The average molecular weight is 533 g/mol. The average Bonchev–Trinajstić information content (AvgIpc) is 3.36. The minimum absolute atomic E-state index is 0.00429. The third kappa shape index (κ3) is 6.26. The molecule has 4 heterocycles. The van der Waals surface area contributed by atoms with E-state index in [0.29, 0.717) is 29.5 Å². The second-order valence-corrected chi connectivity index (χ2v) is 9.26. The number of amides is 2. The number of imidazole rings is 1. The molecule has 13 heteroatoms. The fraction of sp³-hybridized carbons (Fsp3) is 0.308. The van der Waals surface area contributed by atoms with Crippen molar-refractivity contribution >= 4 is 40.5 Å². The predicted octanol–water partition coefficient (Wildman–Crippen LogP) is 2.71. The normalized spacial score (nSPS) is 17.0. The lowest BCUT2D eigenvalue weighted by Gasteiger charge is -2.30. The lowest BCUT2D eigenvalue weighted by atomic mass is 9.91. The van der Waals surface area contributed by atoms with E-state index in [2.05, 4.69) is 46.6 Å². The van der Waals surface area contributed by atoms with Gasteiger partial charge in [0.05, 0.1) is 30.3 Å². The van der Waals surface area contributed by atoms with Crippen LogP contribution in [0.1, 0.15) is 36.2 Å². The van der Waals surface area contributed by atoms with Crippen LogP contribution in [0.15, 0.2) is 55.1 Å². The summed E-state index contributed by atoms with van der Waals surface area (Å²) in [6.07, 6.45) is 8.83. The summed E-state index contributed by atoms with van der Waals surface area (Å²) >= 11 is 0. The Morgan fingerprint density at radius 1 is 1.00 bits per heavy atom. The summed E-state index contributed by atoms with van der Waals surface area (Å²) in [5, 5.41) is 19.8. The molecule has 0 atom stereocenters. The quantitative estimate of drug-likeness (QED) is 0.219. The van der Waals surface area contributed by atoms with Crippen molar-refractivity contribution < 1.29 is 14.0 Å². The first-order valence-corrected chi connectivity index (χ1v) is 12.7. The molecule has 4 aromatic rings. The number of hydrogen-bond donors (Lipinski definition) is 5. The highest BCUT2D eigenvalue weighted by Gasteiger charge is 2.24. The van der Waals surface area contributed by atoms with E-state index < -0.39 is 11.7 Å². The Bertz CT molecular complexity index is 1450. The van der Waals surface area contributed by atoms with Gasteiger partial charge in [-0.15, -0.1) is 5.10 Å². The molecule has 4 aromatic heterocycles. The maximum Gasteiger partial charge on any atom is 0.276 e. The van der Waals surface area contributed by atoms with Gasteiger partial charge in [0.25, 0.3) is 5.91 Å². The number of carbonyl (C=O) groups excluding carboxylic acids is 2. The molecule has 1 saturated carbocycles. The van der Waals surface area contributed by atoms with Crippen molar-refractivity contribution in [1.29, 1.82) is 0 Å². The molecule has 5 rings (SSSR count). The first-order chi connectivity index (χ1) is 19.0. The zero-order valence-electron chi connectivity index (χ0n) is 21.3. The van der Waals surface area contributed by atoms with Gasteiger partial charge in [0.2, 0.25) is 5.91 Å². The molecule has 202 valence electrons. The monoisotopic (exact) mass is 532 g/mol. The Balaban J connectivity index is 1.39. The van der Waals surface area contributed by atoms with Crippen LogP contribution in [0.4, 0.5) is 27.4 Å². The predicted molar refractivity (Wildman–Crippen MR) is 144 cm³/mol. The Kier molecular flexibility index (Phi) is 7.87. The molecule has 1 aliphatic rings. The van der Waals surface area contributed by atoms with Gasteiger partial charge in [-0.25, -0.2) is 18.9 Å². The van der Waals surface area contributed by atoms with Crippen molar-refractivity contribution in [1.82, 2.24) is 35.2 Å². The number of anilines is 4. The van der Waals surface area contributed by atoms with Crippen LogP contribution in [0.25, 0.3) is 5.65 Å². The van der Waals surface area contributed by atoms with Gasteiger partial charge in [-0.3, -0.25) is 14.6 Å². The number of nitrogens with zero attached hydrogens (tertiary/aromatic N) is 5. The zero-order valence-corrected chi connectivity index (χ0v) is 21.3. The SMILES string of the molecule is CNCC(=O)N[C@H]1CC[C@H](Nc2cc(Nc3ccccn3)c3ncc(C(=O)Nc4ccncc4F)n3n2)CC1. The van der Waals surface area contributed by atoms with E-state index in [-0.39, 0.29) is 29.4 Å². The summed E-state index contributed by atoms with van der Waals surface area (Å²) in [4.78, 5) is 37.4. The number of fused-ring (bicyclic) bond motifs is 1. The van der Waals surface area contributed by atoms with Crippen LogP contribution in [-0.2, 0) is 4.79 Å². The molecule has 0 radical (unpaired) electrons. The fourth-order valence-electron chi connectivity index (χ4n) is 4.55. The van der Waals surface area contributed by atoms with Crippen molar-refractivity contribution in [2.75, 3.05) is 29.5 Å². The molecule has 0 bridgehead atoms. The molecular formula is C26H29FN10O2. The van der Waals surface area contributed by atoms with E-state index in [0.717, 1.165) is 31.9 Å². The smallest absolute Gasteiger partial charge is 0.276 e. The minimum atomic E-state index is -0.648. The summed E-state index contributed by atoms with van der Waals surface area (Å²) in [5.41, 5.74) is 1.13. The first kappa shape index (κ1) is 26.0. The topological polar surface area (TPSA) is 150 Å². The maximum absolute atomic E-state index is 14.1. The second-order valence-electron chi connectivity index (χ2n) is 9.26. The van der Waals surface area contributed by atoms with Crippen molar-refractivity contribution in [2.45, 2.75) is 37.8 Å². The molecule has 0 aliphatic heterocycles. The van der Waals surface area contributed by atoms with E-state index in [4.69, 9.17) is 0 Å². The number of nitrogens with one attached hydrogen (secondary N) is 5. The minimum Gasteiger partial charge on any atom is -0.366 e. The molecule has 0 aromatic carbocycles. The van der Waals surface area contributed by atoms with Crippen molar-refractivity contribution in [2.24, 2.45) is 0 Å². The molecule has 0 unspecified atom stereocenters. The van der Waals surface area contributed by atoms with E-state index in [9.17, 15) is 14.0 Å². The summed E-state index contributed by atoms with van der Waals surface area (Å²) in [6.45, 7) is 0.294. The van der Waals surface area contributed by atoms with Crippen LogP contribution in [0.3, 0.4) is 0 Å². The molecule has 1 aliphatic carbocycles. The Morgan fingerprint density at radius 2 is 1.82 bits per heavy atom. The molecule has 0 spiro atoms. The van der Waals surface area contributed by atoms with Gasteiger partial charge >= 0.3 is 0 Å². The first-order valence-electron chi connectivity index (χ1n) is 12.7. The third-order valence-electron chi connectivity index (χ3n) is 6.43. The highest BCUT2D eigenvalue weighted by atomic mass is 19.1. The van der Waals surface area contributed by atoms with Crippen LogP contribution in [0.2, 0.25) is 0 Å².